The smallest absolute Gasteiger partial charge is 0.344 e. The number of carbonyl (C=O) groups is 2. The first-order chi connectivity index (χ1) is 12.3. The zero-order chi connectivity index (χ0) is 19.1. The van der Waals surface area contributed by atoms with Crippen LogP contribution in [0.4, 0.5) is 0 Å². The minimum Gasteiger partial charge on any atom is -0.482 e. The number of aryl methyl sites for hydroxylation is 2. The zero-order valence-corrected chi connectivity index (χ0v) is 15.8. The number of amides is 1. The maximum Gasteiger partial charge on any atom is 0.344 e. The molecule has 2 aromatic rings. The Hall–Kier alpha value is -2.53. The Morgan fingerprint density at radius 3 is 2.42 bits per heavy atom. The highest BCUT2D eigenvalue weighted by Crippen LogP contribution is 2.18. The van der Waals surface area contributed by atoms with Gasteiger partial charge in [-0.05, 0) is 50.1 Å². The highest BCUT2D eigenvalue weighted by atomic mass is 35.5. The van der Waals surface area contributed by atoms with Crippen LogP contribution in [0, 0.1) is 13.8 Å². The lowest BCUT2D eigenvalue weighted by atomic mass is 10.1. The third kappa shape index (κ3) is 6.08. The lowest BCUT2D eigenvalue weighted by molar-refractivity contribution is -0.150. The van der Waals surface area contributed by atoms with E-state index < -0.39 is 5.97 Å². The highest BCUT2D eigenvalue weighted by Gasteiger charge is 2.13. The van der Waals surface area contributed by atoms with E-state index in [0.29, 0.717) is 10.8 Å². The van der Waals surface area contributed by atoms with Gasteiger partial charge in [-0.2, -0.15) is 0 Å². The van der Waals surface area contributed by atoms with Crippen LogP contribution in [0.25, 0.3) is 0 Å². The van der Waals surface area contributed by atoms with Gasteiger partial charge in [-0.1, -0.05) is 41.4 Å². The summed E-state index contributed by atoms with van der Waals surface area (Å²) in [4.78, 5) is 23.7. The fourth-order valence-electron chi connectivity index (χ4n) is 2.40. The Bertz CT molecular complexity index is 774. The zero-order valence-electron chi connectivity index (χ0n) is 15.0. The summed E-state index contributed by atoms with van der Waals surface area (Å²) < 4.78 is 10.4. The van der Waals surface area contributed by atoms with E-state index in [4.69, 9.17) is 21.1 Å². The van der Waals surface area contributed by atoms with E-state index in [9.17, 15) is 9.59 Å². The van der Waals surface area contributed by atoms with E-state index >= 15 is 0 Å². The topological polar surface area (TPSA) is 64.6 Å². The van der Waals surface area contributed by atoms with Crippen LogP contribution in [0.5, 0.6) is 5.75 Å². The van der Waals surface area contributed by atoms with Crippen molar-refractivity contribution in [3.05, 3.63) is 64.2 Å². The maximum atomic E-state index is 11.9. The van der Waals surface area contributed by atoms with Crippen molar-refractivity contribution in [3.63, 3.8) is 0 Å². The Morgan fingerprint density at radius 1 is 1.08 bits per heavy atom. The SMILES string of the molecule is Cc1ccc(OCC(=O)OCC(=O)N[C@@H](C)c2ccc(Cl)cc2)c(C)c1. The molecule has 1 N–H and O–H groups in total. The predicted molar refractivity (Wildman–Crippen MR) is 100 cm³/mol. The van der Waals surface area contributed by atoms with Crippen LogP contribution in [0.1, 0.15) is 29.7 Å². The summed E-state index contributed by atoms with van der Waals surface area (Å²) >= 11 is 5.84. The average molecular weight is 376 g/mol. The first kappa shape index (κ1) is 19.8. The van der Waals surface area contributed by atoms with Gasteiger partial charge in [0.2, 0.25) is 0 Å². The van der Waals surface area contributed by atoms with Gasteiger partial charge < -0.3 is 14.8 Å². The number of esters is 1. The van der Waals surface area contributed by atoms with E-state index in [1.807, 2.05) is 45.0 Å². The largest absolute Gasteiger partial charge is 0.482 e. The summed E-state index contributed by atoms with van der Waals surface area (Å²) in [6.07, 6.45) is 0. The minimum absolute atomic E-state index is 0.218. The predicted octanol–water partition coefficient (Wildman–Crippen LogP) is 3.76. The van der Waals surface area contributed by atoms with Crippen LogP contribution in [0.15, 0.2) is 42.5 Å². The van der Waals surface area contributed by atoms with Gasteiger partial charge in [-0.15, -0.1) is 0 Å². The molecule has 0 aliphatic carbocycles. The molecule has 2 aromatic carbocycles. The van der Waals surface area contributed by atoms with Crippen LogP contribution in [0.2, 0.25) is 5.02 Å². The molecule has 0 fully saturated rings. The summed E-state index contributed by atoms with van der Waals surface area (Å²) in [6, 6.07) is 12.6. The first-order valence-corrected chi connectivity index (χ1v) is 8.63. The summed E-state index contributed by atoms with van der Waals surface area (Å²) in [5, 5.41) is 3.39. The Morgan fingerprint density at radius 2 is 1.77 bits per heavy atom. The fourth-order valence-corrected chi connectivity index (χ4v) is 2.53. The molecule has 0 saturated heterocycles. The first-order valence-electron chi connectivity index (χ1n) is 8.25. The molecule has 0 heterocycles. The van der Waals surface area contributed by atoms with Crippen LogP contribution < -0.4 is 10.1 Å². The number of halogens is 1. The molecular formula is C20H22ClNO4. The molecule has 0 saturated carbocycles. The second-order valence-corrected chi connectivity index (χ2v) is 6.50. The van der Waals surface area contributed by atoms with Crippen molar-refractivity contribution in [2.75, 3.05) is 13.2 Å². The molecule has 26 heavy (non-hydrogen) atoms. The van der Waals surface area contributed by atoms with Crippen LogP contribution in [-0.2, 0) is 14.3 Å². The average Bonchev–Trinajstić information content (AvgIpc) is 2.59. The molecular weight excluding hydrogens is 354 g/mol. The van der Waals surface area contributed by atoms with Gasteiger partial charge >= 0.3 is 5.97 Å². The molecule has 1 atom stereocenters. The van der Waals surface area contributed by atoms with E-state index in [-0.39, 0.29) is 25.2 Å². The minimum atomic E-state index is -0.598. The van der Waals surface area contributed by atoms with Crippen molar-refractivity contribution < 1.29 is 19.1 Å². The van der Waals surface area contributed by atoms with Gasteiger partial charge in [0.25, 0.3) is 5.91 Å². The molecule has 0 radical (unpaired) electrons. The molecule has 0 unspecified atom stereocenters. The molecule has 0 spiro atoms. The number of hydrogen-bond acceptors (Lipinski definition) is 4. The molecule has 5 nitrogen and oxygen atoms in total. The quantitative estimate of drug-likeness (QED) is 0.748. The van der Waals surface area contributed by atoms with E-state index in [0.717, 1.165) is 16.7 Å². The molecule has 0 aliphatic rings. The Kier molecular flexibility index (Phi) is 7.04. The Balaban J connectivity index is 1.74. The van der Waals surface area contributed by atoms with Crippen molar-refractivity contribution in [2.45, 2.75) is 26.8 Å². The van der Waals surface area contributed by atoms with Gasteiger partial charge in [0.05, 0.1) is 6.04 Å². The Labute approximate surface area is 158 Å². The van der Waals surface area contributed by atoms with Crippen LogP contribution in [0.3, 0.4) is 0 Å². The van der Waals surface area contributed by atoms with Crippen LogP contribution in [-0.4, -0.2) is 25.1 Å². The number of ether oxygens (including phenoxy) is 2. The lowest BCUT2D eigenvalue weighted by Crippen LogP contribution is -2.31. The van der Waals surface area contributed by atoms with Gasteiger partial charge in [0.1, 0.15) is 5.75 Å². The molecule has 2 rings (SSSR count). The molecule has 0 bridgehead atoms. The summed E-state index contributed by atoms with van der Waals surface area (Å²) in [5.74, 6) is -0.361. The second-order valence-electron chi connectivity index (χ2n) is 6.06. The van der Waals surface area contributed by atoms with Crippen molar-refractivity contribution in [1.29, 1.82) is 0 Å². The third-order valence-corrected chi connectivity index (χ3v) is 4.04. The standard InChI is InChI=1S/C20H22ClNO4/c1-13-4-9-18(14(2)10-13)25-12-20(24)26-11-19(23)22-15(3)16-5-7-17(21)8-6-16/h4-10,15H,11-12H2,1-3H3,(H,22,23)/t15-/m0/s1. The number of benzene rings is 2. The van der Waals surface area contributed by atoms with E-state index in [2.05, 4.69) is 5.32 Å². The highest BCUT2D eigenvalue weighted by molar-refractivity contribution is 6.30. The van der Waals surface area contributed by atoms with Gasteiger partial charge in [0, 0.05) is 5.02 Å². The van der Waals surface area contributed by atoms with E-state index in [1.54, 1.807) is 18.2 Å². The summed E-state index contributed by atoms with van der Waals surface area (Å²) in [6.45, 7) is 5.12. The second kappa shape index (κ2) is 9.25. The lowest BCUT2D eigenvalue weighted by Gasteiger charge is -2.14. The van der Waals surface area contributed by atoms with Gasteiger partial charge in [-0.3, -0.25) is 4.79 Å². The van der Waals surface area contributed by atoms with Gasteiger partial charge in [0.15, 0.2) is 13.2 Å². The molecule has 0 aliphatic heterocycles. The van der Waals surface area contributed by atoms with Crippen molar-refractivity contribution in [2.24, 2.45) is 0 Å². The third-order valence-electron chi connectivity index (χ3n) is 3.79. The monoisotopic (exact) mass is 375 g/mol. The van der Waals surface area contributed by atoms with Crippen LogP contribution >= 0.6 is 11.6 Å². The summed E-state index contributed by atoms with van der Waals surface area (Å²) in [7, 11) is 0. The number of carbonyl (C=O) groups excluding carboxylic acids is 2. The number of nitrogens with one attached hydrogen (secondary N) is 1. The molecule has 1 amide bonds. The summed E-state index contributed by atoms with van der Waals surface area (Å²) in [5.41, 5.74) is 2.96. The van der Waals surface area contributed by atoms with Crippen molar-refractivity contribution in [1.82, 2.24) is 5.32 Å². The number of hydrogen-bond donors (Lipinski definition) is 1. The molecule has 6 heteroatoms. The molecule has 0 aromatic heterocycles. The van der Waals surface area contributed by atoms with Crippen molar-refractivity contribution >= 4 is 23.5 Å². The van der Waals surface area contributed by atoms with Crippen molar-refractivity contribution in [3.8, 4) is 5.75 Å². The normalized spacial score (nSPS) is 11.5. The van der Waals surface area contributed by atoms with Gasteiger partial charge in [-0.25, -0.2) is 4.79 Å². The van der Waals surface area contributed by atoms with E-state index in [1.165, 1.54) is 0 Å². The number of rotatable bonds is 7. The fraction of sp³-hybridized carbons (Fsp3) is 0.300. The maximum absolute atomic E-state index is 11.9. The molecule has 138 valence electrons.